The van der Waals surface area contributed by atoms with Gasteiger partial charge in [0, 0.05) is 19.5 Å². The summed E-state index contributed by atoms with van der Waals surface area (Å²) in [6.45, 7) is 8.99. The molecule has 0 radical (unpaired) electrons. The number of amides is 2. The van der Waals surface area contributed by atoms with Gasteiger partial charge in [-0.15, -0.1) is 0 Å². The number of hydrogen-bond donors (Lipinski definition) is 1. The molecule has 1 aromatic carbocycles. The van der Waals surface area contributed by atoms with Crippen molar-refractivity contribution >= 4 is 12.0 Å². The second-order valence-electron chi connectivity index (χ2n) is 7.78. The van der Waals surface area contributed by atoms with Gasteiger partial charge in [-0.3, -0.25) is 4.79 Å². The molecule has 0 saturated carbocycles. The maximum absolute atomic E-state index is 12.9. The monoisotopic (exact) mass is 346 g/mol. The minimum absolute atomic E-state index is 0.0212. The molecule has 1 aliphatic heterocycles. The van der Waals surface area contributed by atoms with Crippen LogP contribution in [0.1, 0.15) is 51.2 Å². The van der Waals surface area contributed by atoms with E-state index in [9.17, 15) is 9.59 Å². The van der Waals surface area contributed by atoms with Crippen LogP contribution >= 0.6 is 0 Å². The Morgan fingerprint density at radius 2 is 1.88 bits per heavy atom. The number of alkyl carbamates (subject to hydrolysis) is 1. The number of nitrogens with zero attached hydrogens (tertiary/aromatic N) is 1. The number of benzene rings is 1. The van der Waals surface area contributed by atoms with Gasteiger partial charge in [-0.1, -0.05) is 29.8 Å². The number of carbonyl (C=O) groups is 2. The van der Waals surface area contributed by atoms with Crippen LogP contribution < -0.4 is 5.32 Å². The molecular formula is C20H30N2O3. The number of aryl methyl sites for hydroxylation is 1. The molecule has 0 bridgehead atoms. The predicted octanol–water partition coefficient (Wildman–Crippen LogP) is 3.44. The van der Waals surface area contributed by atoms with Gasteiger partial charge in [0.15, 0.2) is 0 Å². The Hall–Kier alpha value is -2.04. The van der Waals surface area contributed by atoms with Gasteiger partial charge in [0.25, 0.3) is 0 Å². The lowest BCUT2D eigenvalue weighted by Crippen LogP contribution is -2.51. The zero-order valence-electron chi connectivity index (χ0n) is 15.8. The lowest BCUT2D eigenvalue weighted by molar-refractivity contribution is -0.134. The summed E-state index contributed by atoms with van der Waals surface area (Å²) in [5.74, 6) is -0.0212. The van der Waals surface area contributed by atoms with Gasteiger partial charge in [0.1, 0.15) is 11.6 Å². The van der Waals surface area contributed by atoms with Crippen molar-refractivity contribution in [1.29, 1.82) is 0 Å². The van der Waals surface area contributed by atoms with Gasteiger partial charge in [-0.25, -0.2) is 4.79 Å². The highest BCUT2D eigenvalue weighted by atomic mass is 16.6. The van der Waals surface area contributed by atoms with E-state index in [1.54, 1.807) is 0 Å². The molecule has 1 aromatic rings. The van der Waals surface area contributed by atoms with Gasteiger partial charge in [0.05, 0.1) is 0 Å². The van der Waals surface area contributed by atoms with E-state index in [1.807, 2.05) is 56.9 Å². The van der Waals surface area contributed by atoms with E-state index in [0.717, 1.165) is 43.5 Å². The molecule has 5 heteroatoms. The maximum Gasteiger partial charge on any atom is 0.408 e. The number of piperidine rings is 1. The minimum Gasteiger partial charge on any atom is -0.444 e. The summed E-state index contributed by atoms with van der Waals surface area (Å²) >= 11 is 0. The topological polar surface area (TPSA) is 58.6 Å². The summed E-state index contributed by atoms with van der Waals surface area (Å²) < 4.78 is 5.35. The highest BCUT2D eigenvalue weighted by molar-refractivity contribution is 5.86. The van der Waals surface area contributed by atoms with Crippen LogP contribution in [0.4, 0.5) is 4.79 Å². The third kappa shape index (κ3) is 6.40. The molecule has 1 aliphatic rings. The lowest BCUT2D eigenvalue weighted by atomic mass is 10.0. The van der Waals surface area contributed by atoms with Crippen LogP contribution in [0.15, 0.2) is 24.3 Å². The van der Waals surface area contributed by atoms with Crippen LogP contribution in [0.2, 0.25) is 0 Å². The molecule has 1 fully saturated rings. The van der Waals surface area contributed by atoms with Crippen LogP contribution in [-0.2, 0) is 16.0 Å². The van der Waals surface area contributed by atoms with Gasteiger partial charge in [0.2, 0.25) is 5.91 Å². The first-order valence-electron chi connectivity index (χ1n) is 9.08. The zero-order valence-corrected chi connectivity index (χ0v) is 15.8. The Bertz CT molecular complexity index is 601. The first kappa shape index (κ1) is 19.3. The van der Waals surface area contributed by atoms with E-state index in [1.165, 1.54) is 0 Å². The second kappa shape index (κ2) is 8.37. The van der Waals surface area contributed by atoms with Gasteiger partial charge >= 0.3 is 6.09 Å². The minimum atomic E-state index is -0.602. The number of nitrogens with one attached hydrogen (secondary N) is 1. The molecule has 1 atom stereocenters. The smallest absolute Gasteiger partial charge is 0.408 e. The molecule has 0 spiro atoms. The lowest BCUT2D eigenvalue weighted by Gasteiger charge is -2.31. The first-order valence-corrected chi connectivity index (χ1v) is 9.08. The Morgan fingerprint density at radius 3 is 2.48 bits per heavy atom. The van der Waals surface area contributed by atoms with Crippen molar-refractivity contribution in [1.82, 2.24) is 10.2 Å². The molecule has 1 N–H and O–H groups in total. The average Bonchev–Trinajstić information content (AvgIpc) is 2.52. The Kier molecular flexibility index (Phi) is 6.45. The zero-order chi connectivity index (χ0) is 18.4. The van der Waals surface area contributed by atoms with E-state index in [4.69, 9.17) is 4.74 Å². The first-order chi connectivity index (χ1) is 11.7. The van der Waals surface area contributed by atoms with E-state index in [2.05, 4.69) is 5.32 Å². The highest BCUT2D eigenvalue weighted by Gasteiger charge is 2.29. The summed E-state index contributed by atoms with van der Waals surface area (Å²) in [5.41, 5.74) is 1.58. The van der Waals surface area contributed by atoms with E-state index >= 15 is 0 Å². The van der Waals surface area contributed by atoms with Crippen molar-refractivity contribution in [2.45, 2.75) is 65.0 Å². The number of hydrogen-bond acceptors (Lipinski definition) is 3. The van der Waals surface area contributed by atoms with E-state index < -0.39 is 17.7 Å². The molecular weight excluding hydrogens is 316 g/mol. The molecule has 2 amide bonds. The molecule has 1 heterocycles. The molecule has 2 rings (SSSR count). The fraction of sp³-hybridized carbons (Fsp3) is 0.600. The number of likely N-dealkylation sites (tertiary alicyclic amines) is 1. The third-order valence-corrected chi connectivity index (χ3v) is 4.18. The van der Waals surface area contributed by atoms with Crippen molar-refractivity contribution in [2.75, 3.05) is 13.1 Å². The molecule has 0 aromatic heterocycles. The van der Waals surface area contributed by atoms with Gasteiger partial charge in [-0.2, -0.15) is 0 Å². The Labute approximate surface area is 150 Å². The summed E-state index contributed by atoms with van der Waals surface area (Å²) in [7, 11) is 0. The summed E-state index contributed by atoms with van der Waals surface area (Å²) in [6.07, 6.45) is 3.13. The fourth-order valence-electron chi connectivity index (χ4n) is 3.06. The van der Waals surface area contributed by atoms with Crippen molar-refractivity contribution in [2.24, 2.45) is 0 Å². The Morgan fingerprint density at radius 1 is 1.20 bits per heavy atom. The van der Waals surface area contributed by atoms with Crippen molar-refractivity contribution < 1.29 is 14.3 Å². The predicted molar refractivity (Wildman–Crippen MR) is 98.5 cm³/mol. The number of rotatable bonds is 4. The van der Waals surface area contributed by atoms with E-state index in [0.29, 0.717) is 6.42 Å². The van der Waals surface area contributed by atoms with Crippen LogP contribution in [0.25, 0.3) is 0 Å². The molecule has 1 saturated heterocycles. The highest BCUT2D eigenvalue weighted by Crippen LogP contribution is 2.14. The molecule has 0 aliphatic carbocycles. The van der Waals surface area contributed by atoms with Gasteiger partial charge in [-0.05, 0) is 52.5 Å². The molecule has 0 unspecified atom stereocenters. The average molecular weight is 346 g/mol. The van der Waals surface area contributed by atoms with E-state index in [-0.39, 0.29) is 5.91 Å². The third-order valence-electron chi connectivity index (χ3n) is 4.18. The summed E-state index contributed by atoms with van der Waals surface area (Å²) in [4.78, 5) is 27.0. The normalized spacial score (nSPS) is 16.2. The van der Waals surface area contributed by atoms with Crippen molar-refractivity contribution in [3.63, 3.8) is 0 Å². The van der Waals surface area contributed by atoms with Crippen LogP contribution in [0.3, 0.4) is 0 Å². The number of ether oxygens (including phenoxy) is 1. The van der Waals surface area contributed by atoms with Crippen molar-refractivity contribution in [3.05, 3.63) is 35.4 Å². The van der Waals surface area contributed by atoms with Crippen LogP contribution in [0.5, 0.6) is 0 Å². The SMILES string of the molecule is Cc1cccc(C[C@H](NC(=O)OC(C)(C)C)C(=O)N2CCCCC2)c1. The van der Waals surface area contributed by atoms with Gasteiger partial charge < -0.3 is 15.0 Å². The Balaban J connectivity index is 2.12. The quantitative estimate of drug-likeness (QED) is 0.908. The molecule has 5 nitrogen and oxygen atoms in total. The second-order valence-corrected chi connectivity index (χ2v) is 7.78. The van der Waals surface area contributed by atoms with Crippen molar-refractivity contribution in [3.8, 4) is 0 Å². The molecule has 25 heavy (non-hydrogen) atoms. The molecule has 138 valence electrons. The summed E-state index contributed by atoms with van der Waals surface area (Å²) in [6, 6.07) is 7.43. The fourth-order valence-corrected chi connectivity index (χ4v) is 3.06. The van der Waals surface area contributed by atoms with Crippen LogP contribution in [-0.4, -0.2) is 41.6 Å². The number of carbonyl (C=O) groups excluding carboxylic acids is 2. The maximum atomic E-state index is 12.9. The largest absolute Gasteiger partial charge is 0.444 e. The standard InChI is InChI=1S/C20H30N2O3/c1-15-9-8-10-16(13-15)14-17(21-19(24)25-20(2,3)4)18(23)22-11-6-5-7-12-22/h8-10,13,17H,5-7,11-12,14H2,1-4H3,(H,21,24)/t17-/m0/s1. The van der Waals surface area contributed by atoms with Crippen LogP contribution in [0, 0.1) is 6.92 Å². The summed E-state index contributed by atoms with van der Waals surface area (Å²) in [5, 5.41) is 2.79.